The highest BCUT2D eigenvalue weighted by Crippen LogP contribution is 2.33. The average Bonchev–Trinajstić information content (AvgIpc) is 3.12. The van der Waals surface area contributed by atoms with Crippen molar-refractivity contribution in [1.82, 2.24) is 4.98 Å². The maximum atomic E-state index is 13.0. The van der Waals surface area contributed by atoms with Crippen LogP contribution >= 0.6 is 23.1 Å². The Morgan fingerprint density at radius 3 is 2.79 bits per heavy atom. The summed E-state index contributed by atoms with van der Waals surface area (Å²) in [5.74, 6) is 0.169. The fraction of sp³-hybridized carbons (Fsp3) is 0.190. The number of amides is 2. The van der Waals surface area contributed by atoms with E-state index in [4.69, 9.17) is 0 Å². The van der Waals surface area contributed by atoms with Gasteiger partial charge in [0.2, 0.25) is 11.8 Å². The molecule has 0 spiro atoms. The first-order chi connectivity index (χ1) is 13.6. The fourth-order valence-corrected chi connectivity index (χ4v) is 4.92. The number of nitrogens with one attached hydrogen (secondary N) is 1. The molecule has 2 heterocycles. The molecule has 142 valence electrons. The lowest BCUT2D eigenvalue weighted by Gasteiger charge is -2.27. The molecule has 1 N–H and O–H groups in total. The van der Waals surface area contributed by atoms with Crippen LogP contribution in [-0.4, -0.2) is 28.6 Å². The van der Waals surface area contributed by atoms with Crippen LogP contribution in [0.3, 0.4) is 0 Å². The van der Waals surface area contributed by atoms with E-state index in [9.17, 15) is 9.59 Å². The number of hydrogen-bond acceptors (Lipinski definition) is 5. The van der Waals surface area contributed by atoms with Crippen molar-refractivity contribution in [3.8, 4) is 11.3 Å². The molecule has 2 amide bonds. The number of anilines is 2. The molecule has 1 atom stereocenters. The second-order valence-electron chi connectivity index (χ2n) is 6.54. The lowest BCUT2D eigenvalue weighted by Crippen LogP contribution is -2.40. The Balaban J connectivity index is 1.49. The van der Waals surface area contributed by atoms with Gasteiger partial charge < -0.3 is 10.2 Å². The minimum Gasteiger partial charge on any atom is -0.324 e. The van der Waals surface area contributed by atoms with Gasteiger partial charge in [-0.3, -0.25) is 9.59 Å². The molecule has 7 heteroatoms. The van der Waals surface area contributed by atoms with E-state index in [0.717, 1.165) is 21.3 Å². The summed E-state index contributed by atoms with van der Waals surface area (Å²) in [6, 6.07) is 17.2. The van der Waals surface area contributed by atoms with Crippen LogP contribution in [0.2, 0.25) is 0 Å². The molecule has 0 unspecified atom stereocenters. The van der Waals surface area contributed by atoms with E-state index in [1.165, 1.54) is 23.1 Å². The first-order valence-electron chi connectivity index (χ1n) is 8.96. The van der Waals surface area contributed by atoms with Crippen molar-refractivity contribution in [2.24, 2.45) is 0 Å². The highest BCUT2D eigenvalue weighted by molar-refractivity contribution is 8.01. The number of thioether (sulfide) groups is 1. The van der Waals surface area contributed by atoms with E-state index >= 15 is 0 Å². The van der Waals surface area contributed by atoms with Crippen LogP contribution < -0.4 is 10.2 Å². The van der Waals surface area contributed by atoms with Crippen molar-refractivity contribution in [3.05, 3.63) is 60.0 Å². The standard InChI is InChI=1S/C21H19N3O2S2/c1-14-11-19(25)22-16-9-5-6-10-18(16)24(14)20(26)13-28-21-23-17(12-27-21)15-7-3-2-4-8-15/h2-10,12,14H,11,13H2,1H3,(H,22,25)/t14-/m1/s1. The lowest BCUT2D eigenvalue weighted by atomic mass is 10.2. The molecule has 4 rings (SSSR count). The van der Waals surface area contributed by atoms with Gasteiger partial charge in [0, 0.05) is 23.4 Å². The third-order valence-corrected chi connectivity index (χ3v) is 6.51. The van der Waals surface area contributed by atoms with Crippen molar-refractivity contribution in [2.45, 2.75) is 23.7 Å². The Labute approximate surface area is 171 Å². The molecule has 0 saturated carbocycles. The summed E-state index contributed by atoms with van der Waals surface area (Å²) in [6.45, 7) is 1.90. The molecule has 0 saturated heterocycles. The van der Waals surface area contributed by atoms with Gasteiger partial charge >= 0.3 is 0 Å². The summed E-state index contributed by atoms with van der Waals surface area (Å²) in [7, 11) is 0. The summed E-state index contributed by atoms with van der Waals surface area (Å²) in [5.41, 5.74) is 3.41. The van der Waals surface area contributed by atoms with E-state index in [2.05, 4.69) is 10.3 Å². The van der Waals surface area contributed by atoms with Crippen molar-refractivity contribution < 1.29 is 9.59 Å². The maximum absolute atomic E-state index is 13.0. The molecule has 0 bridgehead atoms. The number of carbonyl (C=O) groups excluding carboxylic acids is 2. The van der Waals surface area contributed by atoms with Gasteiger partial charge in [0.15, 0.2) is 4.34 Å². The fourth-order valence-electron chi connectivity index (χ4n) is 3.23. The normalized spacial score (nSPS) is 16.2. The number of aromatic nitrogens is 1. The summed E-state index contributed by atoms with van der Waals surface area (Å²) in [5, 5.41) is 4.89. The van der Waals surface area contributed by atoms with E-state index in [1.807, 2.05) is 66.9 Å². The summed E-state index contributed by atoms with van der Waals surface area (Å²) in [4.78, 5) is 31.5. The molecule has 1 aromatic heterocycles. The number of hydrogen-bond donors (Lipinski definition) is 1. The predicted octanol–water partition coefficient (Wildman–Crippen LogP) is 4.67. The zero-order valence-electron chi connectivity index (χ0n) is 15.3. The Bertz CT molecular complexity index is 1000. The first kappa shape index (κ1) is 18.7. The minimum atomic E-state index is -0.201. The molecule has 0 aliphatic carbocycles. The number of para-hydroxylation sites is 2. The number of benzene rings is 2. The molecule has 5 nitrogen and oxygen atoms in total. The highest BCUT2D eigenvalue weighted by Gasteiger charge is 2.29. The second-order valence-corrected chi connectivity index (χ2v) is 8.62. The van der Waals surface area contributed by atoms with Gasteiger partial charge in [-0.15, -0.1) is 11.3 Å². The maximum Gasteiger partial charge on any atom is 0.237 e. The quantitative estimate of drug-likeness (QED) is 0.636. The third kappa shape index (κ3) is 3.95. The van der Waals surface area contributed by atoms with Gasteiger partial charge in [-0.1, -0.05) is 54.2 Å². The number of nitrogens with zero attached hydrogens (tertiary/aromatic N) is 2. The van der Waals surface area contributed by atoms with Gasteiger partial charge in [-0.05, 0) is 19.1 Å². The lowest BCUT2D eigenvalue weighted by molar-refractivity contribution is -0.117. The number of carbonyl (C=O) groups is 2. The molecular weight excluding hydrogens is 390 g/mol. The Kier molecular flexibility index (Phi) is 5.45. The second kappa shape index (κ2) is 8.16. The van der Waals surface area contributed by atoms with Crippen LogP contribution in [0.15, 0.2) is 64.3 Å². The largest absolute Gasteiger partial charge is 0.324 e. The molecule has 1 aliphatic rings. The zero-order valence-corrected chi connectivity index (χ0v) is 16.9. The number of thiazole rings is 1. The van der Waals surface area contributed by atoms with Gasteiger partial charge in [0.1, 0.15) is 0 Å². The van der Waals surface area contributed by atoms with Crippen molar-refractivity contribution in [1.29, 1.82) is 0 Å². The Morgan fingerprint density at radius 2 is 1.96 bits per heavy atom. The van der Waals surface area contributed by atoms with Gasteiger partial charge in [0.25, 0.3) is 0 Å². The van der Waals surface area contributed by atoms with Gasteiger partial charge in [-0.2, -0.15) is 0 Å². The van der Waals surface area contributed by atoms with E-state index in [0.29, 0.717) is 5.69 Å². The molecular formula is C21H19N3O2S2. The Hall–Kier alpha value is -2.64. The molecule has 0 radical (unpaired) electrons. The molecule has 1 aliphatic heterocycles. The van der Waals surface area contributed by atoms with Gasteiger partial charge in [-0.25, -0.2) is 4.98 Å². The zero-order chi connectivity index (χ0) is 19.5. The van der Waals surface area contributed by atoms with E-state index in [1.54, 1.807) is 4.90 Å². The van der Waals surface area contributed by atoms with Gasteiger partial charge in [0.05, 0.1) is 22.8 Å². The smallest absolute Gasteiger partial charge is 0.237 e. The monoisotopic (exact) mass is 409 g/mol. The predicted molar refractivity (Wildman–Crippen MR) is 115 cm³/mol. The number of rotatable bonds is 4. The van der Waals surface area contributed by atoms with Crippen LogP contribution in [0.5, 0.6) is 0 Å². The van der Waals surface area contributed by atoms with Crippen molar-refractivity contribution in [2.75, 3.05) is 16.0 Å². The number of fused-ring (bicyclic) bond motifs is 1. The molecule has 3 aromatic rings. The molecule has 2 aromatic carbocycles. The highest BCUT2D eigenvalue weighted by atomic mass is 32.2. The third-order valence-electron chi connectivity index (χ3n) is 4.50. The minimum absolute atomic E-state index is 0.0297. The first-order valence-corrected chi connectivity index (χ1v) is 10.8. The van der Waals surface area contributed by atoms with E-state index < -0.39 is 0 Å². The van der Waals surface area contributed by atoms with E-state index in [-0.39, 0.29) is 30.0 Å². The summed E-state index contributed by atoms with van der Waals surface area (Å²) < 4.78 is 0.858. The SMILES string of the molecule is C[C@@H]1CC(=O)Nc2ccccc2N1C(=O)CSc1nc(-c2ccccc2)cs1. The van der Waals surface area contributed by atoms with Crippen molar-refractivity contribution in [3.63, 3.8) is 0 Å². The Morgan fingerprint density at radius 1 is 1.21 bits per heavy atom. The molecule has 0 fully saturated rings. The van der Waals surface area contributed by atoms with Crippen LogP contribution in [0, 0.1) is 0 Å². The van der Waals surface area contributed by atoms with Crippen LogP contribution in [-0.2, 0) is 9.59 Å². The average molecular weight is 410 g/mol. The molecule has 28 heavy (non-hydrogen) atoms. The summed E-state index contributed by atoms with van der Waals surface area (Å²) in [6.07, 6.45) is 0.278. The van der Waals surface area contributed by atoms with Crippen LogP contribution in [0.1, 0.15) is 13.3 Å². The van der Waals surface area contributed by atoms with Crippen molar-refractivity contribution >= 4 is 46.3 Å². The van der Waals surface area contributed by atoms with Crippen LogP contribution in [0.25, 0.3) is 11.3 Å². The topological polar surface area (TPSA) is 62.3 Å². The summed E-state index contributed by atoms with van der Waals surface area (Å²) >= 11 is 2.97. The van der Waals surface area contributed by atoms with Crippen LogP contribution in [0.4, 0.5) is 11.4 Å².